The van der Waals surface area contributed by atoms with Crippen LogP contribution in [-0.2, 0) is 11.3 Å². The molecule has 0 fully saturated rings. The number of amides is 1. The number of ether oxygens (including phenoxy) is 1. The lowest BCUT2D eigenvalue weighted by molar-refractivity contribution is 0.102. The van der Waals surface area contributed by atoms with Crippen LogP contribution in [0.4, 0.5) is 20.2 Å². The Morgan fingerprint density at radius 2 is 1.75 bits per heavy atom. The summed E-state index contributed by atoms with van der Waals surface area (Å²) in [5, 5.41) is 9.35. The van der Waals surface area contributed by atoms with Gasteiger partial charge in [0.25, 0.3) is 5.91 Å². The van der Waals surface area contributed by atoms with Gasteiger partial charge >= 0.3 is 0 Å². The van der Waals surface area contributed by atoms with Crippen molar-refractivity contribution in [1.82, 2.24) is 5.32 Å². The Kier molecular flexibility index (Phi) is 7.86. The van der Waals surface area contributed by atoms with E-state index >= 15 is 0 Å². The van der Waals surface area contributed by atoms with Gasteiger partial charge < -0.3 is 20.7 Å². The van der Waals surface area contributed by atoms with Crippen molar-refractivity contribution in [2.75, 3.05) is 17.7 Å². The van der Waals surface area contributed by atoms with Gasteiger partial charge in [-0.3, -0.25) is 4.79 Å². The fourth-order valence-corrected chi connectivity index (χ4v) is 3.40. The van der Waals surface area contributed by atoms with Crippen molar-refractivity contribution < 1.29 is 18.3 Å². The topological polar surface area (TPSA) is 62.4 Å². The van der Waals surface area contributed by atoms with Gasteiger partial charge in [0, 0.05) is 24.0 Å². The van der Waals surface area contributed by atoms with Crippen LogP contribution in [0.5, 0.6) is 0 Å². The van der Waals surface area contributed by atoms with Crippen LogP contribution in [0, 0.1) is 11.6 Å². The fourth-order valence-electron chi connectivity index (χ4n) is 3.10. The van der Waals surface area contributed by atoms with Crippen molar-refractivity contribution >= 4 is 34.6 Å². The molecule has 0 aromatic heterocycles. The normalized spacial score (nSPS) is 11.5. The molecule has 0 aliphatic heterocycles. The number of rotatable bonds is 7. The van der Waals surface area contributed by atoms with E-state index in [1.54, 1.807) is 43.5 Å². The van der Waals surface area contributed by atoms with Crippen molar-refractivity contribution in [3.63, 3.8) is 0 Å². The van der Waals surface area contributed by atoms with Crippen LogP contribution in [0.2, 0.25) is 0 Å². The lowest BCUT2D eigenvalue weighted by Gasteiger charge is -2.18. The molecule has 0 bridgehead atoms. The largest absolute Gasteiger partial charge is 0.380 e. The minimum absolute atomic E-state index is 0.0433. The van der Waals surface area contributed by atoms with Gasteiger partial charge in [-0.05, 0) is 67.2 Å². The van der Waals surface area contributed by atoms with Crippen molar-refractivity contribution in [3.8, 4) is 0 Å². The maximum atomic E-state index is 13.9. The molecule has 8 heteroatoms. The molecule has 0 aliphatic carbocycles. The highest BCUT2D eigenvalue weighted by molar-refractivity contribution is 7.80. The standard InChI is InChI=1S/C24H23F2N3O2S/c1-15(16-7-9-18(25)10-8-16)27-24(32)28-19-11-12-22(17(13-19)14-31-2)29-23(30)20-5-3-4-6-21(20)26/h3-13,15H,14H2,1-2H3,(H,29,30)(H2,27,28,32). The first-order chi connectivity index (χ1) is 15.4. The average molecular weight is 456 g/mol. The zero-order valence-electron chi connectivity index (χ0n) is 17.6. The molecule has 0 heterocycles. The van der Waals surface area contributed by atoms with Gasteiger partial charge in [-0.1, -0.05) is 24.3 Å². The van der Waals surface area contributed by atoms with Crippen LogP contribution < -0.4 is 16.0 Å². The molecule has 166 valence electrons. The molecule has 3 rings (SSSR count). The molecule has 1 amide bonds. The van der Waals surface area contributed by atoms with E-state index in [1.165, 1.54) is 30.3 Å². The second-order valence-corrected chi connectivity index (χ2v) is 7.52. The van der Waals surface area contributed by atoms with Crippen molar-refractivity contribution in [1.29, 1.82) is 0 Å². The van der Waals surface area contributed by atoms with Crippen LogP contribution in [-0.4, -0.2) is 18.1 Å². The average Bonchev–Trinajstić information content (AvgIpc) is 2.76. The Bertz CT molecular complexity index is 1110. The molecule has 0 aliphatic rings. The maximum absolute atomic E-state index is 13.9. The van der Waals surface area contributed by atoms with Gasteiger partial charge in [-0.15, -0.1) is 0 Å². The summed E-state index contributed by atoms with van der Waals surface area (Å²) < 4.78 is 32.3. The van der Waals surface area contributed by atoms with E-state index in [-0.39, 0.29) is 24.0 Å². The SMILES string of the molecule is COCc1cc(NC(=S)NC(C)c2ccc(F)cc2)ccc1NC(=O)c1ccccc1F. The Labute approximate surface area is 190 Å². The van der Waals surface area contributed by atoms with Gasteiger partial charge in [0.15, 0.2) is 5.11 Å². The summed E-state index contributed by atoms with van der Waals surface area (Å²) in [6, 6.07) is 17.1. The second kappa shape index (κ2) is 10.8. The number of nitrogens with one attached hydrogen (secondary N) is 3. The summed E-state index contributed by atoms with van der Waals surface area (Å²) in [6.45, 7) is 2.15. The predicted molar refractivity (Wildman–Crippen MR) is 126 cm³/mol. The van der Waals surface area contributed by atoms with Gasteiger partial charge in [-0.2, -0.15) is 0 Å². The van der Waals surface area contributed by atoms with Gasteiger partial charge in [0.05, 0.1) is 18.2 Å². The zero-order chi connectivity index (χ0) is 23.1. The Morgan fingerprint density at radius 3 is 2.44 bits per heavy atom. The molecule has 1 atom stereocenters. The summed E-state index contributed by atoms with van der Waals surface area (Å²) in [5.41, 5.74) is 2.73. The first-order valence-electron chi connectivity index (χ1n) is 9.88. The number of hydrogen-bond acceptors (Lipinski definition) is 3. The number of halogens is 2. The van der Waals surface area contributed by atoms with E-state index in [1.807, 2.05) is 6.92 Å². The quantitative estimate of drug-likeness (QED) is 0.416. The van der Waals surface area contributed by atoms with Crippen molar-refractivity contribution in [3.05, 3.63) is 95.1 Å². The summed E-state index contributed by atoms with van der Waals surface area (Å²) in [6.07, 6.45) is 0. The molecule has 0 saturated carbocycles. The lowest BCUT2D eigenvalue weighted by Crippen LogP contribution is -2.31. The summed E-state index contributed by atoms with van der Waals surface area (Å²) in [4.78, 5) is 12.5. The highest BCUT2D eigenvalue weighted by atomic mass is 32.1. The van der Waals surface area contributed by atoms with E-state index in [9.17, 15) is 13.6 Å². The lowest BCUT2D eigenvalue weighted by atomic mass is 10.1. The molecule has 0 saturated heterocycles. The predicted octanol–water partition coefficient (Wildman–Crippen LogP) is 5.41. The number of methoxy groups -OCH3 is 1. The van der Waals surface area contributed by atoms with E-state index in [2.05, 4.69) is 16.0 Å². The fraction of sp³-hybridized carbons (Fsp3) is 0.167. The maximum Gasteiger partial charge on any atom is 0.258 e. The first-order valence-corrected chi connectivity index (χ1v) is 10.3. The van der Waals surface area contributed by atoms with Gasteiger partial charge in [0.1, 0.15) is 11.6 Å². The molecular formula is C24H23F2N3O2S. The van der Waals surface area contributed by atoms with Gasteiger partial charge in [0.2, 0.25) is 0 Å². The first kappa shape index (κ1) is 23.3. The zero-order valence-corrected chi connectivity index (χ0v) is 18.4. The Morgan fingerprint density at radius 1 is 1.03 bits per heavy atom. The molecular weight excluding hydrogens is 432 g/mol. The van der Waals surface area contributed by atoms with E-state index < -0.39 is 11.7 Å². The summed E-state index contributed by atoms with van der Waals surface area (Å²) >= 11 is 5.39. The summed E-state index contributed by atoms with van der Waals surface area (Å²) in [5.74, 6) is -1.44. The number of carbonyl (C=O) groups excluding carboxylic acids is 1. The van der Waals surface area contributed by atoms with E-state index in [0.29, 0.717) is 22.1 Å². The molecule has 0 radical (unpaired) electrons. The smallest absolute Gasteiger partial charge is 0.258 e. The number of carbonyl (C=O) groups is 1. The van der Waals surface area contributed by atoms with Crippen LogP contribution in [0.1, 0.15) is 34.5 Å². The number of anilines is 2. The summed E-state index contributed by atoms with van der Waals surface area (Å²) in [7, 11) is 1.54. The van der Waals surface area contributed by atoms with Gasteiger partial charge in [-0.25, -0.2) is 8.78 Å². The third-order valence-corrected chi connectivity index (χ3v) is 4.97. The number of benzene rings is 3. The van der Waals surface area contributed by atoms with E-state index in [0.717, 1.165) is 5.56 Å². The second-order valence-electron chi connectivity index (χ2n) is 7.11. The Hall–Kier alpha value is -3.36. The number of thiocarbonyl (C=S) groups is 1. The third-order valence-electron chi connectivity index (χ3n) is 4.75. The van der Waals surface area contributed by atoms with Crippen LogP contribution >= 0.6 is 12.2 Å². The van der Waals surface area contributed by atoms with Crippen molar-refractivity contribution in [2.45, 2.75) is 19.6 Å². The Balaban J connectivity index is 1.69. The molecule has 32 heavy (non-hydrogen) atoms. The minimum atomic E-state index is -0.594. The monoisotopic (exact) mass is 455 g/mol. The third kappa shape index (κ3) is 6.09. The number of hydrogen-bond donors (Lipinski definition) is 3. The molecule has 1 unspecified atom stereocenters. The van der Waals surface area contributed by atoms with Crippen LogP contribution in [0.3, 0.4) is 0 Å². The molecule has 3 N–H and O–H groups in total. The highest BCUT2D eigenvalue weighted by Crippen LogP contribution is 2.23. The molecule has 5 nitrogen and oxygen atoms in total. The minimum Gasteiger partial charge on any atom is -0.380 e. The van der Waals surface area contributed by atoms with Crippen LogP contribution in [0.25, 0.3) is 0 Å². The van der Waals surface area contributed by atoms with Crippen LogP contribution in [0.15, 0.2) is 66.7 Å². The molecule has 0 spiro atoms. The van der Waals surface area contributed by atoms with Crippen molar-refractivity contribution in [2.24, 2.45) is 0 Å². The molecule has 3 aromatic rings. The highest BCUT2D eigenvalue weighted by Gasteiger charge is 2.14. The van der Waals surface area contributed by atoms with E-state index in [4.69, 9.17) is 17.0 Å². The molecule has 3 aromatic carbocycles.